The molecule has 1 aliphatic carbocycles. The molecule has 0 heterocycles. The van der Waals surface area contributed by atoms with Gasteiger partial charge in [0.2, 0.25) is 5.91 Å². The molecule has 1 amide bonds. The van der Waals surface area contributed by atoms with Gasteiger partial charge in [0.25, 0.3) is 0 Å². The first kappa shape index (κ1) is 12.0. The van der Waals surface area contributed by atoms with Crippen LogP contribution in [-0.4, -0.2) is 23.0 Å². The van der Waals surface area contributed by atoms with Crippen molar-refractivity contribution in [3.8, 4) is 5.75 Å². The van der Waals surface area contributed by atoms with Crippen LogP contribution in [0.4, 0.5) is 0 Å². The first-order chi connectivity index (χ1) is 8.00. The van der Waals surface area contributed by atoms with Crippen LogP contribution in [-0.2, 0) is 4.79 Å². The van der Waals surface area contributed by atoms with Crippen molar-refractivity contribution in [3.05, 3.63) is 29.8 Å². The van der Waals surface area contributed by atoms with Crippen LogP contribution in [0.25, 0.3) is 0 Å². The Labute approximate surface area is 102 Å². The minimum Gasteiger partial charge on any atom is -0.508 e. The minimum absolute atomic E-state index is 0.0518. The fourth-order valence-corrected chi connectivity index (χ4v) is 2.10. The van der Waals surface area contributed by atoms with E-state index in [1.807, 2.05) is 26.1 Å². The van der Waals surface area contributed by atoms with E-state index >= 15 is 0 Å². The maximum Gasteiger partial charge on any atom is 0.226 e. The average Bonchev–Trinajstić information content (AvgIpc) is 3.04. The number of phenols is 1. The second-order valence-corrected chi connectivity index (χ2v) is 5.04. The summed E-state index contributed by atoms with van der Waals surface area (Å²) in [7, 11) is 1.85. The number of aromatic hydroxyl groups is 1. The first-order valence-corrected chi connectivity index (χ1v) is 6.06. The highest BCUT2D eigenvalue weighted by atomic mass is 16.3. The summed E-state index contributed by atoms with van der Waals surface area (Å²) >= 11 is 0. The van der Waals surface area contributed by atoms with Crippen molar-refractivity contribution in [2.24, 2.45) is 11.8 Å². The van der Waals surface area contributed by atoms with Crippen LogP contribution in [0.2, 0.25) is 0 Å². The second-order valence-electron chi connectivity index (χ2n) is 5.04. The van der Waals surface area contributed by atoms with Gasteiger partial charge >= 0.3 is 0 Å². The van der Waals surface area contributed by atoms with E-state index in [1.54, 1.807) is 17.0 Å². The smallest absolute Gasteiger partial charge is 0.226 e. The summed E-state index contributed by atoms with van der Waals surface area (Å²) in [5, 5.41) is 9.24. The molecule has 3 heteroatoms. The second kappa shape index (κ2) is 4.40. The van der Waals surface area contributed by atoms with Gasteiger partial charge in [-0.25, -0.2) is 0 Å². The van der Waals surface area contributed by atoms with E-state index in [0.29, 0.717) is 5.92 Å². The molecule has 2 rings (SSSR count). The molecule has 17 heavy (non-hydrogen) atoms. The molecular weight excluding hydrogens is 214 g/mol. The van der Waals surface area contributed by atoms with Gasteiger partial charge in [-0.1, -0.05) is 19.1 Å². The van der Waals surface area contributed by atoms with Crippen LogP contribution in [0.3, 0.4) is 0 Å². The van der Waals surface area contributed by atoms with Crippen molar-refractivity contribution in [1.29, 1.82) is 0 Å². The van der Waals surface area contributed by atoms with Crippen LogP contribution < -0.4 is 0 Å². The zero-order valence-corrected chi connectivity index (χ0v) is 10.6. The summed E-state index contributed by atoms with van der Waals surface area (Å²) < 4.78 is 0. The van der Waals surface area contributed by atoms with Crippen molar-refractivity contribution in [2.75, 3.05) is 7.05 Å². The SMILES string of the molecule is CC1CC1C(=O)N(C)C(C)c1ccc(O)cc1. The van der Waals surface area contributed by atoms with E-state index in [9.17, 15) is 9.90 Å². The van der Waals surface area contributed by atoms with Crippen LogP contribution in [0.1, 0.15) is 31.9 Å². The fraction of sp³-hybridized carbons (Fsp3) is 0.500. The Morgan fingerprint density at radius 1 is 1.41 bits per heavy atom. The molecule has 0 aliphatic heterocycles. The number of carbonyl (C=O) groups excluding carboxylic acids is 1. The van der Waals surface area contributed by atoms with Gasteiger partial charge in [0.1, 0.15) is 5.75 Å². The normalized spacial score (nSPS) is 24.2. The molecule has 1 fully saturated rings. The quantitative estimate of drug-likeness (QED) is 0.871. The molecule has 0 aromatic heterocycles. The maximum atomic E-state index is 12.1. The van der Waals surface area contributed by atoms with Crippen LogP contribution in [0.15, 0.2) is 24.3 Å². The molecule has 1 aromatic carbocycles. The van der Waals surface area contributed by atoms with E-state index in [1.165, 1.54) is 0 Å². The number of benzene rings is 1. The van der Waals surface area contributed by atoms with E-state index in [-0.39, 0.29) is 23.6 Å². The number of nitrogens with zero attached hydrogens (tertiary/aromatic N) is 1. The number of amides is 1. The maximum absolute atomic E-state index is 12.1. The summed E-state index contributed by atoms with van der Waals surface area (Å²) in [6.07, 6.45) is 1.02. The summed E-state index contributed by atoms with van der Waals surface area (Å²) in [4.78, 5) is 13.9. The van der Waals surface area contributed by atoms with Gasteiger partial charge in [-0.05, 0) is 37.0 Å². The zero-order chi connectivity index (χ0) is 12.6. The van der Waals surface area contributed by atoms with Crippen molar-refractivity contribution in [3.63, 3.8) is 0 Å². The van der Waals surface area contributed by atoms with E-state index in [2.05, 4.69) is 6.92 Å². The molecule has 3 unspecified atom stereocenters. The first-order valence-electron chi connectivity index (χ1n) is 6.06. The Morgan fingerprint density at radius 2 is 1.94 bits per heavy atom. The number of rotatable bonds is 3. The number of hydrogen-bond acceptors (Lipinski definition) is 2. The highest BCUT2D eigenvalue weighted by Gasteiger charge is 2.41. The zero-order valence-electron chi connectivity index (χ0n) is 10.6. The van der Waals surface area contributed by atoms with Crippen molar-refractivity contribution in [1.82, 2.24) is 4.90 Å². The molecule has 1 aromatic rings. The van der Waals surface area contributed by atoms with Gasteiger partial charge < -0.3 is 10.0 Å². The molecule has 0 radical (unpaired) electrons. The Bertz CT molecular complexity index is 413. The Hall–Kier alpha value is -1.51. The van der Waals surface area contributed by atoms with Crippen LogP contribution in [0, 0.1) is 11.8 Å². The van der Waals surface area contributed by atoms with E-state index in [4.69, 9.17) is 0 Å². The molecule has 92 valence electrons. The molecule has 1 N–H and O–H groups in total. The minimum atomic E-state index is 0.0518. The third-order valence-electron chi connectivity index (χ3n) is 3.73. The van der Waals surface area contributed by atoms with Gasteiger partial charge in [0.15, 0.2) is 0 Å². The molecule has 0 saturated heterocycles. The Balaban J connectivity index is 2.06. The van der Waals surface area contributed by atoms with Crippen molar-refractivity contribution in [2.45, 2.75) is 26.3 Å². The molecule has 0 spiro atoms. The summed E-state index contributed by atoms with van der Waals surface area (Å²) in [6.45, 7) is 4.12. The molecule has 1 saturated carbocycles. The van der Waals surface area contributed by atoms with Crippen molar-refractivity contribution >= 4 is 5.91 Å². The fourth-order valence-electron chi connectivity index (χ4n) is 2.10. The lowest BCUT2D eigenvalue weighted by molar-refractivity contribution is -0.133. The highest BCUT2D eigenvalue weighted by molar-refractivity contribution is 5.81. The van der Waals surface area contributed by atoms with Crippen LogP contribution >= 0.6 is 0 Å². The number of carbonyl (C=O) groups is 1. The molecule has 3 nitrogen and oxygen atoms in total. The third-order valence-corrected chi connectivity index (χ3v) is 3.73. The van der Waals surface area contributed by atoms with Gasteiger partial charge in [0, 0.05) is 13.0 Å². The molecule has 1 aliphatic rings. The third kappa shape index (κ3) is 2.43. The van der Waals surface area contributed by atoms with E-state index in [0.717, 1.165) is 12.0 Å². The standard InChI is InChI=1S/C14H19NO2/c1-9-8-13(9)14(17)15(3)10(2)11-4-6-12(16)7-5-11/h4-7,9-10,13,16H,8H2,1-3H3. The number of phenolic OH excluding ortho intramolecular Hbond substituents is 1. The van der Waals surface area contributed by atoms with Gasteiger partial charge in [0.05, 0.1) is 6.04 Å². The summed E-state index contributed by atoms with van der Waals surface area (Å²) in [5.41, 5.74) is 1.05. The van der Waals surface area contributed by atoms with Gasteiger partial charge in [-0.15, -0.1) is 0 Å². The summed E-state index contributed by atoms with van der Waals surface area (Å²) in [6, 6.07) is 7.09. The van der Waals surface area contributed by atoms with Gasteiger partial charge in [-0.2, -0.15) is 0 Å². The van der Waals surface area contributed by atoms with Crippen molar-refractivity contribution < 1.29 is 9.90 Å². The molecule has 3 atom stereocenters. The predicted octanol–water partition coefficient (Wildman–Crippen LogP) is 2.57. The average molecular weight is 233 g/mol. The van der Waals surface area contributed by atoms with E-state index < -0.39 is 0 Å². The van der Waals surface area contributed by atoms with Crippen LogP contribution in [0.5, 0.6) is 5.75 Å². The lowest BCUT2D eigenvalue weighted by Crippen LogP contribution is -2.31. The molecule has 0 bridgehead atoms. The highest BCUT2D eigenvalue weighted by Crippen LogP contribution is 2.40. The lowest BCUT2D eigenvalue weighted by Gasteiger charge is -2.25. The predicted molar refractivity (Wildman–Crippen MR) is 66.6 cm³/mol. The Kier molecular flexibility index (Phi) is 3.09. The molecular formula is C14H19NO2. The topological polar surface area (TPSA) is 40.5 Å². The number of hydrogen-bond donors (Lipinski definition) is 1. The summed E-state index contributed by atoms with van der Waals surface area (Å²) in [5.74, 6) is 1.25. The van der Waals surface area contributed by atoms with Gasteiger partial charge in [-0.3, -0.25) is 4.79 Å². The lowest BCUT2D eigenvalue weighted by atomic mass is 10.1. The monoisotopic (exact) mass is 233 g/mol. The Morgan fingerprint density at radius 3 is 2.41 bits per heavy atom. The largest absolute Gasteiger partial charge is 0.508 e.